The average molecular weight is 891 g/mol. The summed E-state index contributed by atoms with van der Waals surface area (Å²) >= 11 is 0. The van der Waals surface area contributed by atoms with Crippen LogP contribution in [0.3, 0.4) is 0 Å². The minimum absolute atomic E-state index is 0.510. The Morgan fingerprint density at radius 2 is 0.636 bits per heavy atom. The zero-order chi connectivity index (χ0) is 46.9. The Morgan fingerprint density at radius 3 is 0.909 bits per heavy atom. The van der Waals surface area contributed by atoms with Crippen LogP contribution in [-0.2, 0) is 0 Å². The van der Waals surface area contributed by atoms with Gasteiger partial charge >= 0.3 is 0 Å². The molecule has 0 aliphatic carbocycles. The third-order valence-electron chi connectivity index (χ3n) is 13.6. The maximum absolute atomic E-state index is 6.62. The van der Waals surface area contributed by atoms with E-state index in [4.69, 9.17) is 18.9 Å². The van der Waals surface area contributed by atoms with E-state index in [1.807, 2.05) is 0 Å². The molecule has 5 aromatic carbocycles. The lowest BCUT2D eigenvalue weighted by Crippen LogP contribution is -2.14. The van der Waals surface area contributed by atoms with Gasteiger partial charge in [-0.2, -0.15) is 0 Å². The highest BCUT2D eigenvalue weighted by molar-refractivity contribution is 6.09. The topological polar surface area (TPSA) is 36.9 Å². The molecule has 66 heavy (non-hydrogen) atoms. The molecule has 0 radical (unpaired) electrons. The summed E-state index contributed by atoms with van der Waals surface area (Å²) in [5, 5.41) is 4.34. The van der Waals surface area contributed by atoms with Crippen LogP contribution < -0.4 is 18.9 Å². The smallest absolute Gasteiger partial charge is 0.162 e. The number of benzene rings is 5. The predicted molar refractivity (Wildman–Crippen MR) is 282 cm³/mol. The van der Waals surface area contributed by atoms with Crippen molar-refractivity contribution in [2.24, 2.45) is 23.7 Å². The number of ether oxygens (including phenoxy) is 4. The van der Waals surface area contributed by atoms with Crippen molar-refractivity contribution in [3.63, 3.8) is 0 Å². The summed E-state index contributed by atoms with van der Waals surface area (Å²) in [7, 11) is 0. The van der Waals surface area contributed by atoms with Gasteiger partial charge in [0, 0.05) is 22.3 Å². The van der Waals surface area contributed by atoms with Crippen LogP contribution in [0.5, 0.6) is 23.0 Å². The second-order valence-electron chi connectivity index (χ2n) is 18.6. The van der Waals surface area contributed by atoms with Gasteiger partial charge in [0.1, 0.15) is 0 Å². The normalized spacial score (nSPS) is 13.0. The van der Waals surface area contributed by atoms with Crippen LogP contribution in [0.25, 0.3) is 21.5 Å². The Hall–Kier alpha value is -5.06. The van der Waals surface area contributed by atoms with Gasteiger partial charge < -0.3 is 18.9 Å². The van der Waals surface area contributed by atoms with Gasteiger partial charge in [-0.15, -0.1) is 0 Å². The van der Waals surface area contributed by atoms with E-state index in [2.05, 4.69) is 164 Å². The van der Waals surface area contributed by atoms with E-state index >= 15 is 0 Å². The second kappa shape index (κ2) is 28.9. The number of hydrogen-bond donors (Lipinski definition) is 0. The van der Waals surface area contributed by atoms with E-state index in [1.165, 1.54) is 77.0 Å². The molecule has 4 heteroatoms. The fourth-order valence-corrected chi connectivity index (χ4v) is 8.73. The molecule has 0 saturated heterocycles. The summed E-state index contributed by atoms with van der Waals surface area (Å²) in [5.74, 6) is 19.7. The summed E-state index contributed by atoms with van der Waals surface area (Å²) in [4.78, 5) is 0. The van der Waals surface area contributed by atoms with E-state index in [-0.39, 0.29) is 0 Å². The molecule has 0 aliphatic heterocycles. The van der Waals surface area contributed by atoms with Crippen LogP contribution in [0.4, 0.5) is 0 Å². The van der Waals surface area contributed by atoms with Crippen molar-refractivity contribution in [1.82, 2.24) is 0 Å². The molecule has 0 aromatic heterocycles. The molecule has 0 amide bonds. The minimum atomic E-state index is 0.510. The largest absolute Gasteiger partial charge is 0.489 e. The Kier molecular flexibility index (Phi) is 22.7. The fraction of sp³-hybridized carbons (Fsp3) is 0.516. The molecule has 0 saturated carbocycles. The van der Waals surface area contributed by atoms with Crippen molar-refractivity contribution in [3.05, 3.63) is 107 Å². The van der Waals surface area contributed by atoms with E-state index in [9.17, 15) is 0 Å². The van der Waals surface area contributed by atoms with Crippen molar-refractivity contribution in [3.8, 4) is 46.7 Å². The number of hydrogen-bond acceptors (Lipinski definition) is 4. The van der Waals surface area contributed by atoms with Crippen molar-refractivity contribution in [1.29, 1.82) is 0 Å². The molecule has 4 atom stereocenters. The summed E-state index contributed by atoms with van der Waals surface area (Å²) in [6, 6.07) is 29.6. The molecular formula is C62H82O4. The molecule has 0 aliphatic rings. The molecule has 0 fully saturated rings. The third kappa shape index (κ3) is 15.5. The third-order valence-corrected chi connectivity index (χ3v) is 13.6. The Bertz CT molecular complexity index is 2110. The molecule has 5 aromatic rings. The molecule has 0 bridgehead atoms. The van der Waals surface area contributed by atoms with E-state index in [1.54, 1.807) is 0 Å². The molecular weight excluding hydrogens is 809 g/mol. The van der Waals surface area contributed by atoms with E-state index < -0.39 is 0 Å². The maximum atomic E-state index is 6.62. The molecule has 0 spiro atoms. The fourth-order valence-electron chi connectivity index (χ4n) is 8.73. The van der Waals surface area contributed by atoms with Crippen molar-refractivity contribution in [2.45, 2.75) is 158 Å². The summed E-state index contributed by atoms with van der Waals surface area (Å²) in [6.45, 7) is 20.8. The highest BCUT2D eigenvalue weighted by Crippen LogP contribution is 2.35. The first-order valence-corrected chi connectivity index (χ1v) is 26.2. The lowest BCUT2D eigenvalue weighted by atomic mass is 9.92. The van der Waals surface area contributed by atoms with Gasteiger partial charge in [0.2, 0.25) is 0 Å². The first-order chi connectivity index (χ1) is 32.4. The highest BCUT2D eigenvalue weighted by Gasteiger charge is 2.17. The molecule has 354 valence electrons. The van der Waals surface area contributed by atoms with Gasteiger partial charge in [0.05, 0.1) is 26.4 Å². The number of unbranched alkanes of at least 4 members (excludes halogenated alkanes) is 4. The van der Waals surface area contributed by atoms with Gasteiger partial charge in [-0.25, -0.2) is 0 Å². The quantitative estimate of drug-likeness (QED) is 0.0370. The van der Waals surface area contributed by atoms with Crippen LogP contribution >= 0.6 is 0 Å². The van der Waals surface area contributed by atoms with Gasteiger partial charge in [-0.1, -0.05) is 205 Å². The molecule has 0 heterocycles. The maximum Gasteiger partial charge on any atom is 0.162 e. The van der Waals surface area contributed by atoms with Crippen LogP contribution in [-0.4, -0.2) is 26.4 Å². The summed E-state index contributed by atoms with van der Waals surface area (Å²) in [5.41, 5.74) is 3.80. The number of rotatable bonds is 28. The van der Waals surface area contributed by atoms with Crippen molar-refractivity contribution in [2.75, 3.05) is 26.4 Å². The van der Waals surface area contributed by atoms with Crippen LogP contribution in [0, 0.1) is 47.4 Å². The summed E-state index contributed by atoms with van der Waals surface area (Å²) < 4.78 is 26.3. The van der Waals surface area contributed by atoms with Crippen molar-refractivity contribution >= 4 is 21.5 Å². The Balaban J connectivity index is 1.51. The minimum Gasteiger partial charge on any atom is -0.489 e. The molecule has 4 nitrogen and oxygen atoms in total. The SMILES string of the molecule is CCCCC(CC)COc1ccc(C#Cc2c3ccccc3c(C#Cc3ccc(OCC(CC)CCCC)c(OCC(CC)CCCC)c3)c3ccccc23)cc1OCC(CC)CCCC. The van der Waals surface area contributed by atoms with Gasteiger partial charge in [0.15, 0.2) is 23.0 Å². The first kappa shape index (κ1) is 51.9. The first-order valence-electron chi connectivity index (χ1n) is 26.2. The van der Waals surface area contributed by atoms with E-state index in [0.29, 0.717) is 50.1 Å². The molecule has 4 unspecified atom stereocenters. The van der Waals surface area contributed by atoms with Gasteiger partial charge in [0.25, 0.3) is 0 Å². The zero-order valence-electron chi connectivity index (χ0n) is 42.2. The van der Waals surface area contributed by atoms with Gasteiger partial charge in [-0.05, 0) is 107 Å². The standard InChI is InChI=1S/C62H82O4/c1-9-17-25-47(13-5)43-63-59-39-35-51(41-61(59)65-45-49(15-7)27-19-11-3)33-37-57-53-29-21-23-31-55(53)58(56-32-24-22-30-54(56)57)38-34-52-36-40-60(64-44-48(14-6)26-18-10-2)62(42-52)66-46-50(16-8)28-20-12-4/h21-24,29-32,35-36,39-42,47-50H,9-20,25-28,43-46H2,1-8H3. The Morgan fingerprint density at radius 1 is 0.348 bits per heavy atom. The lowest BCUT2D eigenvalue weighted by Gasteiger charge is -2.20. The van der Waals surface area contributed by atoms with Crippen LogP contribution in [0.1, 0.15) is 180 Å². The molecule has 0 N–H and O–H groups in total. The Labute approximate surface area is 400 Å². The van der Waals surface area contributed by atoms with E-state index in [0.717, 1.165) is 92.5 Å². The highest BCUT2D eigenvalue weighted by atomic mass is 16.5. The van der Waals surface area contributed by atoms with Crippen molar-refractivity contribution < 1.29 is 18.9 Å². The monoisotopic (exact) mass is 891 g/mol. The van der Waals surface area contributed by atoms with Crippen LogP contribution in [0.15, 0.2) is 84.9 Å². The molecule has 5 rings (SSSR count). The average Bonchev–Trinajstić information content (AvgIpc) is 3.35. The number of fused-ring (bicyclic) bond motifs is 2. The van der Waals surface area contributed by atoms with Crippen LogP contribution in [0.2, 0.25) is 0 Å². The predicted octanol–water partition coefficient (Wildman–Crippen LogP) is 17.2. The van der Waals surface area contributed by atoms with Gasteiger partial charge in [-0.3, -0.25) is 0 Å². The zero-order valence-corrected chi connectivity index (χ0v) is 42.2. The summed E-state index contributed by atoms with van der Waals surface area (Å²) in [6.07, 6.45) is 18.8. The lowest BCUT2D eigenvalue weighted by molar-refractivity contribution is 0.199. The second-order valence-corrected chi connectivity index (χ2v) is 18.6.